The summed E-state index contributed by atoms with van der Waals surface area (Å²) in [5, 5.41) is 2.11. The van der Waals surface area contributed by atoms with Crippen LogP contribution in [0.1, 0.15) is 33.3 Å². The molecule has 1 aliphatic heterocycles. The molecule has 224 valence electrons. The van der Waals surface area contributed by atoms with Crippen LogP contribution in [0.25, 0.3) is 0 Å². The molecule has 41 heavy (non-hydrogen) atoms. The molecule has 1 aromatic rings. The molecule has 0 saturated carbocycles. The van der Waals surface area contributed by atoms with Gasteiger partial charge in [0.1, 0.15) is 12.7 Å². The Morgan fingerprint density at radius 3 is 2.02 bits per heavy atom. The molecule has 0 aliphatic carbocycles. The van der Waals surface area contributed by atoms with Crippen LogP contribution in [0.15, 0.2) is 40.3 Å². The first-order valence-corrected chi connectivity index (χ1v) is 12.3. The zero-order valence-corrected chi connectivity index (χ0v) is 22.9. The number of carbonyl (C=O) groups excluding carboxylic acids is 5. The number of rotatable bonds is 9. The van der Waals surface area contributed by atoms with Crippen molar-refractivity contribution in [2.75, 3.05) is 13.2 Å². The summed E-state index contributed by atoms with van der Waals surface area (Å²) in [5.74, 6) is -3.96. The molecule has 2 rings (SSSR count). The monoisotopic (exact) mass is 579 g/mol. The fourth-order valence-electron chi connectivity index (χ4n) is 3.64. The summed E-state index contributed by atoms with van der Waals surface area (Å²) in [7, 11) is 0. The Balaban J connectivity index is 2.22. The highest BCUT2D eigenvalue weighted by Gasteiger charge is 2.54. The molecule has 1 aliphatic rings. The quantitative estimate of drug-likeness (QED) is 0.147. The van der Waals surface area contributed by atoms with E-state index in [-0.39, 0.29) is 5.96 Å². The van der Waals surface area contributed by atoms with Crippen molar-refractivity contribution >= 4 is 41.9 Å². The minimum Gasteiger partial charge on any atom is -0.463 e. The fraction of sp³-hybridized carbons (Fsp3) is 0.480. The predicted molar refractivity (Wildman–Crippen MR) is 140 cm³/mol. The van der Waals surface area contributed by atoms with E-state index in [0.29, 0.717) is 13.0 Å². The number of hydrogen-bond donors (Lipinski definition) is 3. The number of amides is 1. The first-order valence-electron chi connectivity index (χ1n) is 12.3. The van der Waals surface area contributed by atoms with E-state index in [9.17, 15) is 24.0 Å². The number of guanidine groups is 2. The van der Waals surface area contributed by atoms with Crippen molar-refractivity contribution < 1.29 is 52.4 Å². The third-order valence-electron chi connectivity index (χ3n) is 5.15. The average Bonchev–Trinajstić information content (AvgIpc) is 2.86. The second-order valence-corrected chi connectivity index (χ2v) is 8.57. The Hall–Kier alpha value is -4.73. The molecule has 5 atom stereocenters. The van der Waals surface area contributed by atoms with Gasteiger partial charge in [0.25, 0.3) is 0 Å². The van der Waals surface area contributed by atoms with Gasteiger partial charge in [0, 0.05) is 34.2 Å². The standard InChI is InChI=1S/C25H33N5O11/c1-13(31)36-12-18-19(37-14(2)32)20(38-15(3)33)21(22(40-18)39-16(4)34)41-25(35)30-24(27)29-23(26)28-11-10-17-8-6-5-7-9-17/h5-9,18-22H,10-12H2,1-4H3,(H5,26,27,28,29,30,35). The molecule has 5 N–H and O–H groups in total. The fourth-order valence-corrected chi connectivity index (χ4v) is 3.64. The van der Waals surface area contributed by atoms with Crippen LogP contribution in [-0.2, 0) is 54.0 Å². The lowest BCUT2D eigenvalue weighted by molar-refractivity contribution is -0.296. The maximum absolute atomic E-state index is 12.7. The number of nitrogens with zero attached hydrogens (tertiary/aromatic N) is 2. The van der Waals surface area contributed by atoms with Crippen LogP contribution < -0.4 is 16.8 Å². The van der Waals surface area contributed by atoms with Crippen molar-refractivity contribution in [3.8, 4) is 0 Å². The third kappa shape index (κ3) is 11.5. The molecular formula is C25H33N5O11. The van der Waals surface area contributed by atoms with Crippen molar-refractivity contribution in [1.82, 2.24) is 5.32 Å². The summed E-state index contributed by atoms with van der Waals surface area (Å²) >= 11 is 0. The van der Waals surface area contributed by atoms with Crippen LogP contribution >= 0.6 is 0 Å². The highest BCUT2D eigenvalue weighted by molar-refractivity contribution is 5.99. The van der Waals surface area contributed by atoms with Gasteiger partial charge >= 0.3 is 30.0 Å². The lowest BCUT2D eigenvalue weighted by atomic mass is 9.98. The van der Waals surface area contributed by atoms with Crippen molar-refractivity contribution in [2.24, 2.45) is 21.5 Å². The molecule has 5 unspecified atom stereocenters. The van der Waals surface area contributed by atoms with Gasteiger partial charge < -0.3 is 39.9 Å². The molecule has 0 bridgehead atoms. The number of carbonyl (C=O) groups is 5. The van der Waals surface area contributed by atoms with Gasteiger partial charge in [-0.25, -0.2) is 4.79 Å². The van der Waals surface area contributed by atoms with Crippen molar-refractivity contribution in [3.05, 3.63) is 35.9 Å². The van der Waals surface area contributed by atoms with E-state index in [4.69, 9.17) is 39.9 Å². The van der Waals surface area contributed by atoms with Crippen LogP contribution in [0.2, 0.25) is 0 Å². The normalized spacial score (nSPS) is 22.6. The third-order valence-corrected chi connectivity index (χ3v) is 5.15. The molecule has 1 heterocycles. The zero-order valence-electron chi connectivity index (χ0n) is 22.9. The van der Waals surface area contributed by atoms with Crippen LogP contribution in [0, 0.1) is 0 Å². The van der Waals surface area contributed by atoms with E-state index < -0.39 is 73.2 Å². The number of esters is 4. The molecular weight excluding hydrogens is 546 g/mol. The van der Waals surface area contributed by atoms with Gasteiger partial charge in [0.05, 0.1) is 0 Å². The van der Waals surface area contributed by atoms with E-state index in [2.05, 4.69) is 15.3 Å². The summed E-state index contributed by atoms with van der Waals surface area (Å²) < 4.78 is 31.6. The zero-order chi connectivity index (χ0) is 30.5. The van der Waals surface area contributed by atoms with Gasteiger partial charge in [0.15, 0.2) is 12.2 Å². The van der Waals surface area contributed by atoms with Crippen LogP contribution in [-0.4, -0.2) is 85.7 Å². The first-order chi connectivity index (χ1) is 19.3. The molecule has 1 fully saturated rings. The van der Waals surface area contributed by atoms with Crippen LogP contribution in [0.4, 0.5) is 4.79 Å². The largest absolute Gasteiger partial charge is 0.463 e. The van der Waals surface area contributed by atoms with Gasteiger partial charge in [-0.2, -0.15) is 4.99 Å². The predicted octanol–water partition coefficient (Wildman–Crippen LogP) is -0.332. The Labute approximate surface area is 235 Å². The van der Waals surface area contributed by atoms with Crippen molar-refractivity contribution in [3.63, 3.8) is 0 Å². The van der Waals surface area contributed by atoms with E-state index in [0.717, 1.165) is 33.3 Å². The molecule has 0 radical (unpaired) electrons. The topological polar surface area (TPSA) is 230 Å². The molecule has 1 saturated heterocycles. The SMILES string of the molecule is CC(=O)OCC1OC(OC(C)=O)C(OC(=O)N/C(N)=N/C(N)=NCCc2ccccc2)C(OC(C)=O)C1OC(C)=O. The molecule has 16 nitrogen and oxygen atoms in total. The molecule has 0 spiro atoms. The number of nitrogens with two attached hydrogens (primary N) is 2. The molecule has 0 aromatic heterocycles. The van der Waals surface area contributed by atoms with Crippen LogP contribution in [0.3, 0.4) is 0 Å². The van der Waals surface area contributed by atoms with Gasteiger partial charge in [-0.1, -0.05) is 30.3 Å². The maximum atomic E-state index is 12.7. The highest BCUT2D eigenvalue weighted by Crippen LogP contribution is 2.30. The summed E-state index contributed by atoms with van der Waals surface area (Å²) in [6, 6.07) is 9.51. The minimum absolute atomic E-state index is 0.224. The lowest BCUT2D eigenvalue weighted by Crippen LogP contribution is -2.63. The van der Waals surface area contributed by atoms with Crippen molar-refractivity contribution in [2.45, 2.75) is 64.8 Å². The van der Waals surface area contributed by atoms with Gasteiger partial charge in [0.2, 0.25) is 24.3 Å². The van der Waals surface area contributed by atoms with E-state index in [1.165, 1.54) is 0 Å². The molecule has 1 aromatic carbocycles. The van der Waals surface area contributed by atoms with Gasteiger partial charge in [-0.05, 0) is 12.0 Å². The molecule has 16 heteroatoms. The van der Waals surface area contributed by atoms with E-state index in [1.807, 2.05) is 30.3 Å². The second kappa shape index (κ2) is 15.8. The van der Waals surface area contributed by atoms with E-state index >= 15 is 0 Å². The number of nitrogens with one attached hydrogen (secondary N) is 1. The summed E-state index contributed by atoms with van der Waals surface area (Å²) in [4.78, 5) is 67.5. The minimum atomic E-state index is -1.68. The van der Waals surface area contributed by atoms with Crippen molar-refractivity contribution in [1.29, 1.82) is 0 Å². The summed E-state index contributed by atoms with van der Waals surface area (Å²) in [6.07, 6.45) is -8.31. The maximum Gasteiger partial charge on any atom is 0.414 e. The number of aliphatic imine (C=N–C) groups is 2. The summed E-state index contributed by atoms with van der Waals surface area (Å²) in [5.41, 5.74) is 12.5. The van der Waals surface area contributed by atoms with Gasteiger partial charge in [-0.3, -0.25) is 29.5 Å². The number of benzene rings is 1. The number of ether oxygens (including phenoxy) is 6. The number of alkyl carbamates (subject to hydrolysis) is 1. The lowest BCUT2D eigenvalue weighted by Gasteiger charge is -2.43. The average molecular weight is 580 g/mol. The number of hydrogen-bond acceptors (Lipinski definition) is 12. The Kier molecular flexibility index (Phi) is 12.5. The highest BCUT2D eigenvalue weighted by atomic mass is 16.7. The smallest absolute Gasteiger partial charge is 0.414 e. The van der Waals surface area contributed by atoms with Crippen LogP contribution in [0.5, 0.6) is 0 Å². The van der Waals surface area contributed by atoms with E-state index in [1.54, 1.807) is 0 Å². The first kappa shape index (κ1) is 32.5. The summed E-state index contributed by atoms with van der Waals surface area (Å²) in [6.45, 7) is 4.10. The van der Waals surface area contributed by atoms with Gasteiger partial charge in [-0.15, -0.1) is 0 Å². The Bertz CT molecular complexity index is 1160. The molecule has 1 amide bonds. The Morgan fingerprint density at radius 2 is 1.44 bits per heavy atom. The Morgan fingerprint density at radius 1 is 0.829 bits per heavy atom. The second-order valence-electron chi connectivity index (χ2n) is 8.57.